The molecular weight excluding hydrogens is 270 g/mol. The lowest BCUT2D eigenvalue weighted by molar-refractivity contribution is 0.103. The molecule has 3 heteroatoms. The molecule has 0 fully saturated rings. The number of ketones is 1. The number of aryl methyl sites for hydroxylation is 2. The number of pyridine rings is 1. The lowest BCUT2D eigenvalue weighted by atomic mass is 9.94. The number of carbonyl (C=O) groups is 1. The highest BCUT2D eigenvalue weighted by Gasteiger charge is 2.16. The van der Waals surface area contributed by atoms with Crippen molar-refractivity contribution >= 4 is 23.5 Å². The quantitative estimate of drug-likeness (QED) is 0.775. The van der Waals surface area contributed by atoms with Gasteiger partial charge < -0.3 is 0 Å². The standard InChI is InChI=1S/C17H16ClNO/c1-4-12-6-7-13(5-2)16(8-12)17(20)15-9-14(18)10-19-11(15)3/h4,6-10H,1,5H2,2-3H3. The van der Waals surface area contributed by atoms with Crippen LogP contribution in [0.5, 0.6) is 0 Å². The van der Waals surface area contributed by atoms with Crippen molar-refractivity contribution in [3.63, 3.8) is 0 Å². The Bertz CT molecular complexity index is 677. The van der Waals surface area contributed by atoms with E-state index in [2.05, 4.69) is 11.6 Å². The number of hydrogen-bond donors (Lipinski definition) is 0. The molecule has 0 unspecified atom stereocenters. The zero-order valence-corrected chi connectivity index (χ0v) is 12.4. The second kappa shape index (κ2) is 6.02. The summed E-state index contributed by atoms with van der Waals surface area (Å²) < 4.78 is 0. The van der Waals surface area contributed by atoms with Crippen molar-refractivity contribution in [2.75, 3.05) is 0 Å². The van der Waals surface area contributed by atoms with Gasteiger partial charge in [0.05, 0.1) is 5.02 Å². The average Bonchev–Trinajstić information content (AvgIpc) is 2.48. The maximum Gasteiger partial charge on any atom is 0.195 e. The summed E-state index contributed by atoms with van der Waals surface area (Å²) in [5.74, 6) is -0.0435. The molecule has 1 aromatic heterocycles. The van der Waals surface area contributed by atoms with Gasteiger partial charge in [0.1, 0.15) is 0 Å². The Kier molecular flexibility index (Phi) is 4.35. The fraction of sp³-hybridized carbons (Fsp3) is 0.176. The van der Waals surface area contributed by atoms with Crippen LogP contribution in [0.15, 0.2) is 37.0 Å². The molecule has 0 atom stereocenters. The van der Waals surface area contributed by atoms with Crippen molar-refractivity contribution in [1.82, 2.24) is 4.98 Å². The smallest absolute Gasteiger partial charge is 0.195 e. The predicted molar refractivity (Wildman–Crippen MR) is 83.3 cm³/mol. The van der Waals surface area contributed by atoms with Crippen LogP contribution in [0.3, 0.4) is 0 Å². The summed E-state index contributed by atoms with van der Waals surface area (Å²) in [6.45, 7) is 7.59. The molecule has 0 saturated carbocycles. The molecule has 1 heterocycles. The van der Waals surface area contributed by atoms with E-state index in [-0.39, 0.29) is 5.78 Å². The number of rotatable bonds is 4. The summed E-state index contributed by atoms with van der Waals surface area (Å²) in [7, 11) is 0. The molecule has 0 aliphatic rings. The summed E-state index contributed by atoms with van der Waals surface area (Å²) in [6, 6.07) is 7.48. The van der Waals surface area contributed by atoms with E-state index in [4.69, 9.17) is 11.6 Å². The van der Waals surface area contributed by atoms with Gasteiger partial charge in [0.15, 0.2) is 5.78 Å². The van der Waals surface area contributed by atoms with Gasteiger partial charge in [0, 0.05) is 23.0 Å². The molecule has 2 aromatic rings. The van der Waals surface area contributed by atoms with Crippen molar-refractivity contribution < 1.29 is 4.79 Å². The fourth-order valence-corrected chi connectivity index (χ4v) is 2.28. The van der Waals surface area contributed by atoms with Gasteiger partial charge in [-0.15, -0.1) is 0 Å². The van der Waals surface area contributed by atoms with Crippen LogP contribution < -0.4 is 0 Å². The van der Waals surface area contributed by atoms with Crippen LogP contribution >= 0.6 is 11.6 Å². The van der Waals surface area contributed by atoms with E-state index >= 15 is 0 Å². The van der Waals surface area contributed by atoms with Crippen molar-refractivity contribution in [2.24, 2.45) is 0 Å². The highest BCUT2D eigenvalue weighted by molar-refractivity contribution is 6.31. The third kappa shape index (κ3) is 2.81. The fourth-order valence-electron chi connectivity index (χ4n) is 2.12. The van der Waals surface area contributed by atoms with E-state index in [1.807, 2.05) is 32.0 Å². The van der Waals surface area contributed by atoms with Crippen molar-refractivity contribution in [1.29, 1.82) is 0 Å². The van der Waals surface area contributed by atoms with Crippen molar-refractivity contribution in [2.45, 2.75) is 20.3 Å². The van der Waals surface area contributed by atoms with Gasteiger partial charge in [0.2, 0.25) is 0 Å². The third-order valence-electron chi connectivity index (χ3n) is 3.29. The molecule has 0 saturated heterocycles. The number of hydrogen-bond acceptors (Lipinski definition) is 2. The molecule has 2 nitrogen and oxygen atoms in total. The molecule has 0 N–H and O–H groups in total. The second-order valence-electron chi connectivity index (χ2n) is 4.59. The molecule has 0 bridgehead atoms. The normalized spacial score (nSPS) is 10.3. The van der Waals surface area contributed by atoms with Gasteiger partial charge in [-0.2, -0.15) is 0 Å². The van der Waals surface area contributed by atoms with Gasteiger partial charge in [-0.05, 0) is 36.6 Å². The van der Waals surface area contributed by atoms with E-state index < -0.39 is 0 Å². The molecule has 0 spiro atoms. The van der Waals surface area contributed by atoms with Gasteiger partial charge in [0.25, 0.3) is 0 Å². The average molecular weight is 286 g/mol. The first kappa shape index (κ1) is 14.5. The number of carbonyl (C=O) groups excluding carboxylic acids is 1. The van der Waals surface area contributed by atoms with Gasteiger partial charge in [-0.1, -0.05) is 43.3 Å². The Morgan fingerprint density at radius 1 is 1.35 bits per heavy atom. The second-order valence-corrected chi connectivity index (χ2v) is 5.03. The molecular formula is C17H16ClNO. The van der Waals surface area contributed by atoms with E-state index in [1.165, 1.54) is 0 Å². The highest BCUT2D eigenvalue weighted by Crippen LogP contribution is 2.21. The number of nitrogens with zero attached hydrogens (tertiary/aromatic N) is 1. The molecule has 1 aromatic carbocycles. The van der Waals surface area contributed by atoms with Crippen LogP contribution in [0, 0.1) is 6.92 Å². The van der Waals surface area contributed by atoms with Crippen molar-refractivity contribution in [3.8, 4) is 0 Å². The lowest BCUT2D eigenvalue weighted by Crippen LogP contribution is -2.08. The summed E-state index contributed by atoms with van der Waals surface area (Å²) >= 11 is 5.95. The topological polar surface area (TPSA) is 30.0 Å². The van der Waals surface area contributed by atoms with Crippen LogP contribution in [0.4, 0.5) is 0 Å². The van der Waals surface area contributed by atoms with Crippen LogP contribution in [0.25, 0.3) is 6.08 Å². The number of benzene rings is 1. The zero-order valence-electron chi connectivity index (χ0n) is 11.6. The maximum absolute atomic E-state index is 12.7. The predicted octanol–water partition coefficient (Wildman–Crippen LogP) is 4.48. The number of halogens is 1. The minimum Gasteiger partial charge on any atom is -0.289 e. The van der Waals surface area contributed by atoms with Crippen LogP contribution in [0.1, 0.15) is 39.7 Å². The van der Waals surface area contributed by atoms with Gasteiger partial charge >= 0.3 is 0 Å². The Labute approximate surface area is 124 Å². The molecule has 0 aliphatic heterocycles. The van der Waals surface area contributed by atoms with Crippen LogP contribution in [-0.2, 0) is 6.42 Å². The monoisotopic (exact) mass is 285 g/mol. The molecule has 2 rings (SSSR count). The van der Waals surface area contributed by atoms with Crippen LogP contribution in [-0.4, -0.2) is 10.8 Å². The first-order chi connectivity index (χ1) is 9.56. The summed E-state index contributed by atoms with van der Waals surface area (Å²) in [5.41, 5.74) is 3.87. The maximum atomic E-state index is 12.7. The summed E-state index contributed by atoms with van der Waals surface area (Å²) in [5, 5.41) is 0.469. The zero-order chi connectivity index (χ0) is 14.7. The molecule has 20 heavy (non-hydrogen) atoms. The first-order valence-electron chi connectivity index (χ1n) is 6.49. The van der Waals surface area contributed by atoms with Crippen molar-refractivity contribution in [3.05, 3.63) is 70.0 Å². The largest absolute Gasteiger partial charge is 0.289 e. The SMILES string of the molecule is C=Cc1ccc(CC)c(C(=O)c2cc(Cl)cnc2C)c1. The van der Waals surface area contributed by atoms with Crippen LogP contribution in [0.2, 0.25) is 5.02 Å². The summed E-state index contributed by atoms with van der Waals surface area (Å²) in [6.07, 6.45) is 4.08. The lowest BCUT2D eigenvalue weighted by Gasteiger charge is -2.10. The number of aromatic nitrogens is 1. The molecule has 0 amide bonds. The molecule has 0 aliphatic carbocycles. The Morgan fingerprint density at radius 3 is 2.75 bits per heavy atom. The third-order valence-corrected chi connectivity index (χ3v) is 3.50. The first-order valence-corrected chi connectivity index (χ1v) is 6.86. The van der Waals surface area contributed by atoms with E-state index in [0.29, 0.717) is 21.8 Å². The summed E-state index contributed by atoms with van der Waals surface area (Å²) in [4.78, 5) is 16.9. The van der Waals surface area contributed by atoms with E-state index in [0.717, 1.165) is 17.5 Å². The van der Waals surface area contributed by atoms with Gasteiger partial charge in [-0.3, -0.25) is 9.78 Å². The highest BCUT2D eigenvalue weighted by atomic mass is 35.5. The molecule has 0 radical (unpaired) electrons. The minimum atomic E-state index is -0.0435. The van der Waals surface area contributed by atoms with Gasteiger partial charge in [-0.25, -0.2) is 0 Å². The Hall–Kier alpha value is -1.93. The van der Waals surface area contributed by atoms with E-state index in [1.54, 1.807) is 18.3 Å². The van der Waals surface area contributed by atoms with E-state index in [9.17, 15) is 4.79 Å². The Balaban J connectivity index is 2.57. The minimum absolute atomic E-state index is 0.0435. The Morgan fingerprint density at radius 2 is 2.10 bits per heavy atom. The molecule has 102 valence electrons.